The summed E-state index contributed by atoms with van der Waals surface area (Å²) in [6.07, 6.45) is 4.25. The first-order valence-electron chi connectivity index (χ1n) is 6.25. The van der Waals surface area contributed by atoms with E-state index in [9.17, 15) is 4.79 Å². The molecule has 0 bridgehead atoms. The molecule has 2 heterocycles. The number of aromatic nitrogens is 1. The van der Waals surface area contributed by atoms with Crippen molar-refractivity contribution in [2.45, 2.75) is 25.5 Å². The van der Waals surface area contributed by atoms with Crippen LogP contribution in [0.4, 0.5) is 4.79 Å². The second-order valence-electron chi connectivity index (χ2n) is 4.55. The maximum absolute atomic E-state index is 11.0. The second kappa shape index (κ2) is 5.82. The quantitative estimate of drug-likeness (QED) is 0.860. The van der Waals surface area contributed by atoms with Crippen molar-refractivity contribution in [2.24, 2.45) is 0 Å². The Hall–Kier alpha value is -1.62. The Kier molecular flexibility index (Phi) is 4.15. The molecule has 1 aliphatic heterocycles. The minimum atomic E-state index is -0.314. The van der Waals surface area contributed by atoms with Gasteiger partial charge in [-0.05, 0) is 31.2 Å². The fourth-order valence-corrected chi connectivity index (χ4v) is 2.37. The predicted molar refractivity (Wildman–Crippen MR) is 68.2 cm³/mol. The Balaban J connectivity index is 1.97. The lowest BCUT2D eigenvalue weighted by molar-refractivity contribution is 0.101. The Bertz CT molecular complexity index is 396. The molecule has 0 aliphatic carbocycles. The molecule has 1 amide bonds. The van der Waals surface area contributed by atoms with Crippen LogP contribution in [0, 0.1) is 0 Å². The van der Waals surface area contributed by atoms with Gasteiger partial charge in [0.15, 0.2) is 0 Å². The van der Waals surface area contributed by atoms with Gasteiger partial charge in [-0.1, -0.05) is 6.92 Å². The van der Waals surface area contributed by atoms with Crippen LogP contribution in [0.1, 0.15) is 24.9 Å². The molecule has 0 radical (unpaired) electrons. The van der Waals surface area contributed by atoms with Crippen LogP contribution in [0.5, 0.6) is 0 Å². The molecule has 1 saturated heterocycles. The number of carbonyl (C=O) groups is 1. The minimum absolute atomic E-state index is 0.0570. The second-order valence-corrected chi connectivity index (χ2v) is 4.55. The van der Waals surface area contributed by atoms with Crippen LogP contribution in [0.15, 0.2) is 24.5 Å². The Morgan fingerprint density at radius 2 is 2.28 bits per heavy atom. The van der Waals surface area contributed by atoms with Crippen LogP contribution in [0.3, 0.4) is 0 Å². The van der Waals surface area contributed by atoms with Gasteiger partial charge in [0.2, 0.25) is 0 Å². The Labute approximate surface area is 107 Å². The van der Waals surface area contributed by atoms with E-state index in [0.717, 1.165) is 13.0 Å². The highest BCUT2D eigenvalue weighted by Gasteiger charge is 2.26. The zero-order valence-electron chi connectivity index (χ0n) is 10.8. The molecule has 0 spiro atoms. The van der Waals surface area contributed by atoms with Gasteiger partial charge >= 0.3 is 6.09 Å². The first kappa shape index (κ1) is 12.8. The molecular formula is C13H19N3O2. The van der Waals surface area contributed by atoms with E-state index < -0.39 is 0 Å². The average molecular weight is 249 g/mol. The van der Waals surface area contributed by atoms with Crippen molar-refractivity contribution in [3.05, 3.63) is 30.1 Å². The molecule has 1 N–H and O–H groups in total. The number of likely N-dealkylation sites (N-methyl/N-ethyl adjacent to an activating group) is 1. The van der Waals surface area contributed by atoms with Gasteiger partial charge < -0.3 is 10.1 Å². The van der Waals surface area contributed by atoms with Crippen molar-refractivity contribution >= 4 is 6.09 Å². The highest BCUT2D eigenvalue weighted by Crippen LogP contribution is 2.22. The van der Waals surface area contributed by atoms with Gasteiger partial charge in [0.1, 0.15) is 6.10 Å². The Morgan fingerprint density at radius 1 is 1.56 bits per heavy atom. The van der Waals surface area contributed by atoms with Crippen LogP contribution in [-0.4, -0.2) is 42.2 Å². The molecule has 18 heavy (non-hydrogen) atoms. The summed E-state index contributed by atoms with van der Waals surface area (Å²) in [5.41, 5.74) is 1.24. The number of hydrogen-bond acceptors (Lipinski definition) is 4. The molecule has 1 aromatic rings. The lowest BCUT2D eigenvalue weighted by atomic mass is 10.0. The van der Waals surface area contributed by atoms with Gasteiger partial charge in [0.25, 0.3) is 0 Å². The van der Waals surface area contributed by atoms with Crippen molar-refractivity contribution in [3.8, 4) is 0 Å². The largest absolute Gasteiger partial charge is 0.443 e. The molecular weight excluding hydrogens is 230 g/mol. The molecule has 0 unspecified atom stereocenters. The monoisotopic (exact) mass is 249 g/mol. The molecule has 0 aromatic carbocycles. The van der Waals surface area contributed by atoms with Crippen LogP contribution < -0.4 is 5.32 Å². The van der Waals surface area contributed by atoms with Gasteiger partial charge in [0, 0.05) is 25.0 Å². The van der Waals surface area contributed by atoms with Crippen LogP contribution in [0.2, 0.25) is 0 Å². The SMILES string of the molecule is CC[C@@H](c1ccncc1)N(C)C[C@H]1CNC(=O)O1. The molecule has 98 valence electrons. The summed E-state index contributed by atoms with van der Waals surface area (Å²) in [6, 6.07) is 4.39. The highest BCUT2D eigenvalue weighted by molar-refractivity contribution is 5.69. The standard InChI is InChI=1S/C13H19N3O2/c1-3-12(10-4-6-14-7-5-10)16(2)9-11-8-15-13(17)18-11/h4-7,11-12H,3,8-9H2,1-2H3,(H,15,17)/t11-,12+/m1/s1. The molecule has 1 aliphatic rings. The summed E-state index contributed by atoms with van der Waals surface area (Å²) in [5, 5.41) is 2.67. The van der Waals surface area contributed by atoms with E-state index in [0.29, 0.717) is 12.6 Å². The number of ether oxygens (including phenoxy) is 1. The number of cyclic esters (lactones) is 1. The third-order valence-electron chi connectivity index (χ3n) is 3.25. The van der Waals surface area contributed by atoms with E-state index in [2.05, 4.69) is 29.2 Å². The van der Waals surface area contributed by atoms with Gasteiger partial charge in [0.05, 0.1) is 6.54 Å². The van der Waals surface area contributed by atoms with Crippen molar-refractivity contribution in [1.29, 1.82) is 0 Å². The highest BCUT2D eigenvalue weighted by atomic mass is 16.6. The lowest BCUT2D eigenvalue weighted by Gasteiger charge is -2.28. The summed E-state index contributed by atoms with van der Waals surface area (Å²) in [6.45, 7) is 3.48. The van der Waals surface area contributed by atoms with Crippen molar-refractivity contribution < 1.29 is 9.53 Å². The number of pyridine rings is 1. The van der Waals surface area contributed by atoms with E-state index in [1.807, 2.05) is 24.5 Å². The summed E-state index contributed by atoms with van der Waals surface area (Å²) in [7, 11) is 2.06. The summed E-state index contributed by atoms with van der Waals surface area (Å²) in [4.78, 5) is 17.2. The van der Waals surface area contributed by atoms with Crippen LogP contribution in [0.25, 0.3) is 0 Å². The van der Waals surface area contributed by atoms with E-state index in [1.165, 1.54) is 5.56 Å². The van der Waals surface area contributed by atoms with Gasteiger partial charge in [-0.3, -0.25) is 9.88 Å². The number of nitrogens with zero attached hydrogens (tertiary/aromatic N) is 2. The van der Waals surface area contributed by atoms with Crippen LogP contribution in [-0.2, 0) is 4.74 Å². The fourth-order valence-electron chi connectivity index (χ4n) is 2.37. The first-order chi connectivity index (χ1) is 8.70. The third-order valence-corrected chi connectivity index (χ3v) is 3.25. The van der Waals surface area contributed by atoms with E-state index >= 15 is 0 Å². The molecule has 2 rings (SSSR count). The number of hydrogen-bond donors (Lipinski definition) is 1. The van der Waals surface area contributed by atoms with Crippen molar-refractivity contribution in [3.63, 3.8) is 0 Å². The van der Waals surface area contributed by atoms with E-state index in [1.54, 1.807) is 0 Å². The molecule has 2 atom stereocenters. The number of rotatable bonds is 5. The Morgan fingerprint density at radius 3 is 2.83 bits per heavy atom. The summed E-state index contributed by atoms with van der Waals surface area (Å²) >= 11 is 0. The molecule has 1 aromatic heterocycles. The van der Waals surface area contributed by atoms with Crippen LogP contribution >= 0.6 is 0 Å². The topological polar surface area (TPSA) is 54.5 Å². The van der Waals surface area contributed by atoms with Gasteiger partial charge in [-0.2, -0.15) is 0 Å². The fraction of sp³-hybridized carbons (Fsp3) is 0.538. The van der Waals surface area contributed by atoms with Crippen molar-refractivity contribution in [2.75, 3.05) is 20.1 Å². The number of alkyl carbamates (subject to hydrolysis) is 1. The predicted octanol–water partition coefficient (Wildman–Crippen LogP) is 1.57. The number of nitrogens with one attached hydrogen (secondary N) is 1. The maximum atomic E-state index is 11.0. The van der Waals surface area contributed by atoms with Gasteiger partial charge in [-0.25, -0.2) is 4.79 Å². The zero-order chi connectivity index (χ0) is 13.0. The zero-order valence-corrected chi connectivity index (χ0v) is 10.8. The normalized spacial score (nSPS) is 20.6. The van der Waals surface area contributed by atoms with Crippen molar-refractivity contribution in [1.82, 2.24) is 15.2 Å². The minimum Gasteiger partial charge on any atom is -0.443 e. The maximum Gasteiger partial charge on any atom is 0.407 e. The third kappa shape index (κ3) is 2.98. The van der Waals surface area contributed by atoms with E-state index in [4.69, 9.17) is 4.74 Å². The van der Waals surface area contributed by atoms with Gasteiger partial charge in [-0.15, -0.1) is 0 Å². The summed E-state index contributed by atoms with van der Waals surface area (Å²) < 4.78 is 5.16. The number of carbonyl (C=O) groups excluding carboxylic acids is 1. The molecule has 0 saturated carbocycles. The lowest BCUT2D eigenvalue weighted by Crippen LogP contribution is -2.34. The average Bonchev–Trinajstić information content (AvgIpc) is 2.77. The summed E-state index contributed by atoms with van der Waals surface area (Å²) in [5.74, 6) is 0. The molecule has 5 heteroatoms. The first-order valence-corrected chi connectivity index (χ1v) is 6.25. The molecule has 5 nitrogen and oxygen atoms in total. The number of amides is 1. The molecule has 1 fully saturated rings. The smallest absolute Gasteiger partial charge is 0.407 e. The van der Waals surface area contributed by atoms with E-state index in [-0.39, 0.29) is 12.2 Å².